The van der Waals surface area contributed by atoms with Crippen LogP contribution in [0.5, 0.6) is 0 Å². The van der Waals surface area contributed by atoms with E-state index in [0.29, 0.717) is 0 Å². The summed E-state index contributed by atoms with van der Waals surface area (Å²) in [5, 5.41) is 0. The van der Waals surface area contributed by atoms with Gasteiger partial charge < -0.3 is 5.73 Å². The van der Waals surface area contributed by atoms with Gasteiger partial charge in [-0.3, -0.25) is 4.99 Å². The predicted molar refractivity (Wildman–Crippen MR) is 71.7 cm³/mol. The first-order valence-electron chi connectivity index (χ1n) is 6.70. The van der Waals surface area contributed by atoms with Crippen molar-refractivity contribution in [3.8, 4) is 0 Å². The second-order valence-electron chi connectivity index (χ2n) is 6.44. The molecular weight excluding hydrogens is 196 g/mol. The molecule has 1 fully saturated rings. The molecule has 0 aromatic rings. The van der Waals surface area contributed by atoms with E-state index < -0.39 is 0 Å². The van der Waals surface area contributed by atoms with E-state index in [1.807, 2.05) is 0 Å². The molecule has 1 saturated carbocycles. The minimum Gasteiger partial charge on any atom is -0.387 e. The lowest BCUT2D eigenvalue weighted by Crippen LogP contribution is -2.29. The molecule has 0 aromatic heterocycles. The summed E-state index contributed by atoms with van der Waals surface area (Å²) in [5.41, 5.74) is 5.97. The van der Waals surface area contributed by atoms with E-state index in [1.54, 1.807) is 0 Å². The maximum Gasteiger partial charge on any atom is 0.0991 e. The summed E-state index contributed by atoms with van der Waals surface area (Å²) < 4.78 is 0. The topological polar surface area (TPSA) is 38.4 Å². The number of nitrogens with zero attached hydrogens (tertiary/aromatic N) is 1. The van der Waals surface area contributed by atoms with Crippen molar-refractivity contribution in [2.24, 2.45) is 28.0 Å². The van der Waals surface area contributed by atoms with Crippen molar-refractivity contribution >= 4 is 5.84 Å². The van der Waals surface area contributed by atoms with Gasteiger partial charge in [-0.25, -0.2) is 0 Å². The molecule has 16 heavy (non-hydrogen) atoms. The van der Waals surface area contributed by atoms with Crippen LogP contribution in [-0.4, -0.2) is 12.4 Å². The van der Waals surface area contributed by atoms with Crippen LogP contribution in [0.25, 0.3) is 0 Å². The lowest BCUT2D eigenvalue weighted by molar-refractivity contribution is 0.272. The molecule has 0 radical (unpaired) electrons. The van der Waals surface area contributed by atoms with Gasteiger partial charge in [-0.15, -0.1) is 0 Å². The summed E-state index contributed by atoms with van der Waals surface area (Å²) in [7, 11) is 0. The molecule has 1 aliphatic rings. The Labute approximate surface area is 101 Å². The molecule has 0 heterocycles. The first-order valence-corrected chi connectivity index (χ1v) is 6.70. The average molecular weight is 224 g/mol. The molecule has 2 atom stereocenters. The summed E-state index contributed by atoms with van der Waals surface area (Å²) >= 11 is 0. The average Bonchev–Trinajstić information content (AvgIpc) is 2.16. The number of rotatable bonds is 3. The van der Waals surface area contributed by atoms with E-state index in [0.717, 1.165) is 24.2 Å². The van der Waals surface area contributed by atoms with Crippen LogP contribution in [0.2, 0.25) is 0 Å². The third-order valence-electron chi connectivity index (χ3n) is 3.63. The van der Waals surface area contributed by atoms with E-state index in [1.165, 1.54) is 32.1 Å². The number of aliphatic imine (C=N–C) groups is 1. The van der Waals surface area contributed by atoms with Gasteiger partial charge in [0.05, 0.1) is 5.84 Å². The minimum atomic E-state index is 0.0276. The molecule has 0 amide bonds. The predicted octanol–water partition coefficient (Wildman–Crippen LogP) is 3.61. The molecule has 1 rings (SSSR count). The van der Waals surface area contributed by atoms with Crippen LogP contribution >= 0.6 is 0 Å². The lowest BCUT2D eigenvalue weighted by Gasteiger charge is -2.26. The van der Waals surface area contributed by atoms with Crippen molar-refractivity contribution in [1.29, 1.82) is 0 Å². The summed E-state index contributed by atoms with van der Waals surface area (Å²) in [5.74, 6) is 2.61. The van der Waals surface area contributed by atoms with Crippen LogP contribution < -0.4 is 5.73 Å². The Morgan fingerprint density at radius 1 is 1.31 bits per heavy atom. The van der Waals surface area contributed by atoms with Crippen LogP contribution in [0.4, 0.5) is 0 Å². The minimum absolute atomic E-state index is 0.0276. The van der Waals surface area contributed by atoms with Crippen molar-refractivity contribution in [3.63, 3.8) is 0 Å². The van der Waals surface area contributed by atoms with Gasteiger partial charge in [0.1, 0.15) is 0 Å². The first kappa shape index (κ1) is 13.5. The molecule has 2 unspecified atom stereocenters. The monoisotopic (exact) mass is 224 g/mol. The van der Waals surface area contributed by atoms with E-state index in [-0.39, 0.29) is 5.41 Å². The molecule has 0 aromatic carbocycles. The quantitative estimate of drug-likeness (QED) is 0.577. The number of hydrogen-bond acceptors (Lipinski definition) is 1. The van der Waals surface area contributed by atoms with E-state index in [2.05, 4.69) is 32.7 Å². The van der Waals surface area contributed by atoms with Gasteiger partial charge in [-0.1, -0.05) is 47.0 Å². The van der Waals surface area contributed by atoms with Gasteiger partial charge in [-0.2, -0.15) is 0 Å². The fourth-order valence-corrected chi connectivity index (χ4v) is 2.43. The molecule has 0 bridgehead atoms. The molecule has 2 nitrogen and oxygen atoms in total. The standard InChI is InChI=1S/C14H28N2/c1-11-6-5-7-12(10-11)8-9-16-13(15)14(2,3)4/h11-12H,5-10H2,1-4H3,(H2,15,16). The van der Waals surface area contributed by atoms with Crippen LogP contribution in [0.3, 0.4) is 0 Å². The van der Waals surface area contributed by atoms with E-state index >= 15 is 0 Å². The van der Waals surface area contributed by atoms with E-state index in [9.17, 15) is 0 Å². The smallest absolute Gasteiger partial charge is 0.0991 e. The summed E-state index contributed by atoms with van der Waals surface area (Å²) in [4.78, 5) is 4.51. The van der Waals surface area contributed by atoms with Gasteiger partial charge in [0, 0.05) is 12.0 Å². The second-order valence-corrected chi connectivity index (χ2v) is 6.44. The SMILES string of the molecule is CC1CCCC(CCN=C(N)C(C)(C)C)C1. The Morgan fingerprint density at radius 3 is 2.56 bits per heavy atom. The molecule has 2 heteroatoms. The van der Waals surface area contributed by atoms with Crippen LogP contribution in [0, 0.1) is 17.3 Å². The molecule has 1 aliphatic carbocycles. The van der Waals surface area contributed by atoms with Crippen molar-refractivity contribution in [2.45, 2.75) is 59.8 Å². The van der Waals surface area contributed by atoms with Crippen LogP contribution in [0.15, 0.2) is 4.99 Å². The van der Waals surface area contributed by atoms with Crippen molar-refractivity contribution in [2.75, 3.05) is 6.54 Å². The van der Waals surface area contributed by atoms with Crippen molar-refractivity contribution < 1.29 is 0 Å². The summed E-state index contributed by atoms with van der Waals surface area (Å²) in [6.45, 7) is 9.65. The molecule has 94 valence electrons. The highest BCUT2D eigenvalue weighted by atomic mass is 14.9. The Hall–Kier alpha value is -0.530. The third-order valence-corrected chi connectivity index (χ3v) is 3.63. The van der Waals surface area contributed by atoms with Gasteiger partial charge in [-0.05, 0) is 24.7 Å². The second kappa shape index (κ2) is 5.70. The number of hydrogen-bond donors (Lipinski definition) is 1. The maximum atomic E-state index is 5.94. The highest BCUT2D eigenvalue weighted by molar-refractivity contribution is 5.85. The lowest BCUT2D eigenvalue weighted by atomic mass is 9.81. The van der Waals surface area contributed by atoms with Crippen molar-refractivity contribution in [1.82, 2.24) is 0 Å². The Balaban J connectivity index is 2.29. The maximum absolute atomic E-state index is 5.94. The fourth-order valence-electron chi connectivity index (χ4n) is 2.43. The summed E-state index contributed by atoms with van der Waals surface area (Å²) in [6.07, 6.45) is 6.84. The highest BCUT2D eigenvalue weighted by Crippen LogP contribution is 2.30. The zero-order valence-electron chi connectivity index (χ0n) is 11.4. The molecule has 2 N–H and O–H groups in total. The Bertz CT molecular complexity index is 238. The first-order chi connectivity index (χ1) is 7.39. The highest BCUT2D eigenvalue weighted by Gasteiger charge is 2.19. The van der Waals surface area contributed by atoms with Gasteiger partial charge in [0.2, 0.25) is 0 Å². The van der Waals surface area contributed by atoms with Gasteiger partial charge in [0.25, 0.3) is 0 Å². The third kappa shape index (κ3) is 4.54. The zero-order valence-corrected chi connectivity index (χ0v) is 11.4. The Kier molecular flexibility index (Phi) is 4.82. The molecule has 0 spiro atoms. The molecule has 0 saturated heterocycles. The zero-order chi connectivity index (χ0) is 12.2. The summed E-state index contributed by atoms with van der Waals surface area (Å²) in [6, 6.07) is 0. The fraction of sp³-hybridized carbons (Fsp3) is 0.929. The molecular formula is C14H28N2. The largest absolute Gasteiger partial charge is 0.387 e. The van der Waals surface area contributed by atoms with Crippen LogP contribution in [0.1, 0.15) is 59.8 Å². The number of nitrogens with two attached hydrogens (primary N) is 1. The normalized spacial score (nSPS) is 28.1. The Morgan fingerprint density at radius 2 is 2.00 bits per heavy atom. The van der Waals surface area contributed by atoms with Gasteiger partial charge >= 0.3 is 0 Å². The molecule has 0 aliphatic heterocycles. The van der Waals surface area contributed by atoms with Crippen molar-refractivity contribution in [3.05, 3.63) is 0 Å². The number of amidine groups is 1. The van der Waals surface area contributed by atoms with E-state index in [4.69, 9.17) is 5.73 Å². The van der Waals surface area contributed by atoms with Gasteiger partial charge in [0.15, 0.2) is 0 Å². The van der Waals surface area contributed by atoms with Crippen LogP contribution in [-0.2, 0) is 0 Å².